The third-order valence-corrected chi connectivity index (χ3v) is 3.75. The summed E-state index contributed by atoms with van der Waals surface area (Å²) in [7, 11) is 0. The molecule has 7 nitrogen and oxygen atoms in total. The predicted molar refractivity (Wildman–Crippen MR) is 76.1 cm³/mol. The fourth-order valence-electron chi connectivity index (χ4n) is 2.62. The van der Waals surface area contributed by atoms with Crippen molar-refractivity contribution in [3.05, 3.63) is 5.82 Å². The molecule has 1 atom stereocenters. The van der Waals surface area contributed by atoms with E-state index in [1.165, 1.54) is 12.8 Å². The van der Waals surface area contributed by atoms with Gasteiger partial charge in [0.15, 0.2) is 5.82 Å². The molecule has 1 aromatic rings. The van der Waals surface area contributed by atoms with E-state index in [0.717, 1.165) is 38.3 Å². The molecule has 0 aliphatic carbocycles. The van der Waals surface area contributed by atoms with Gasteiger partial charge < -0.3 is 10.4 Å². The Balaban J connectivity index is 1.90. The van der Waals surface area contributed by atoms with Crippen LogP contribution < -0.4 is 5.32 Å². The maximum atomic E-state index is 9.23. The topological polar surface area (TPSA) is 79.1 Å². The highest BCUT2D eigenvalue weighted by Gasteiger charge is 2.19. The van der Waals surface area contributed by atoms with Gasteiger partial charge in [-0.2, -0.15) is 0 Å². The molecule has 1 fully saturated rings. The first-order valence-corrected chi connectivity index (χ1v) is 7.65. The average molecular weight is 282 g/mol. The van der Waals surface area contributed by atoms with Crippen LogP contribution in [0.15, 0.2) is 0 Å². The highest BCUT2D eigenvalue weighted by molar-refractivity contribution is 4.84. The van der Waals surface area contributed by atoms with E-state index in [-0.39, 0.29) is 6.61 Å². The molecule has 114 valence electrons. The van der Waals surface area contributed by atoms with Crippen molar-refractivity contribution < 1.29 is 5.11 Å². The zero-order valence-corrected chi connectivity index (χ0v) is 12.3. The van der Waals surface area contributed by atoms with Crippen LogP contribution in [0.3, 0.4) is 0 Å². The standard InChI is InChI=1S/C13H26N6O/c1-2-3-7-19-13(15-16-17-19)11-18(8-9-20)10-12-5-4-6-14-12/h12,14,20H,2-11H2,1H3. The molecule has 0 amide bonds. The SMILES string of the molecule is CCCCn1nnnc1CN(CCO)CC1CCCN1. The fraction of sp³-hybridized carbons (Fsp3) is 0.923. The van der Waals surface area contributed by atoms with Crippen molar-refractivity contribution in [2.24, 2.45) is 0 Å². The minimum atomic E-state index is 0.170. The molecular formula is C13H26N6O. The van der Waals surface area contributed by atoms with E-state index < -0.39 is 0 Å². The highest BCUT2D eigenvalue weighted by atomic mass is 16.3. The van der Waals surface area contributed by atoms with Gasteiger partial charge in [0.25, 0.3) is 0 Å². The summed E-state index contributed by atoms with van der Waals surface area (Å²) in [5.41, 5.74) is 0. The normalized spacial score (nSPS) is 19.1. The summed E-state index contributed by atoms with van der Waals surface area (Å²) in [6.45, 7) is 6.62. The smallest absolute Gasteiger partial charge is 0.165 e. The number of tetrazole rings is 1. The van der Waals surface area contributed by atoms with E-state index in [1.807, 2.05) is 4.68 Å². The van der Waals surface area contributed by atoms with Crippen molar-refractivity contribution in [1.82, 2.24) is 30.4 Å². The number of aliphatic hydroxyl groups excluding tert-OH is 1. The molecule has 2 rings (SSSR count). The Hall–Kier alpha value is -1.05. The number of hydrogen-bond acceptors (Lipinski definition) is 6. The molecule has 1 unspecified atom stereocenters. The summed E-state index contributed by atoms with van der Waals surface area (Å²) in [6.07, 6.45) is 4.67. The Morgan fingerprint density at radius 2 is 2.40 bits per heavy atom. The maximum Gasteiger partial charge on any atom is 0.165 e. The van der Waals surface area contributed by atoms with Gasteiger partial charge in [-0.15, -0.1) is 5.10 Å². The monoisotopic (exact) mass is 282 g/mol. The van der Waals surface area contributed by atoms with Crippen LogP contribution in [0.5, 0.6) is 0 Å². The molecule has 20 heavy (non-hydrogen) atoms. The minimum Gasteiger partial charge on any atom is -0.395 e. The van der Waals surface area contributed by atoms with Crippen LogP contribution in [0.2, 0.25) is 0 Å². The lowest BCUT2D eigenvalue weighted by atomic mass is 10.2. The molecule has 2 heterocycles. The van der Waals surface area contributed by atoms with Crippen molar-refractivity contribution in [2.45, 2.75) is 51.7 Å². The van der Waals surface area contributed by atoms with Crippen LogP contribution >= 0.6 is 0 Å². The lowest BCUT2D eigenvalue weighted by Crippen LogP contribution is -2.39. The van der Waals surface area contributed by atoms with Crippen LogP contribution in [-0.4, -0.2) is 62.5 Å². The van der Waals surface area contributed by atoms with E-state index in [2.05, 4.69) is 32.7 Å². The number of aliphatic hydroxyl groups is 1. The number of rotatable bonds is 9. The second-order valence-corrected chi connectivity index (χ2v) is 5.42. The third kappa shape index (κ3) is 4.50. The van der Waals surface area contributed by atoms with Crippen LogP contribution in [0.1, 0.15) is 38.4 Å². The molecule has 0 bridgehead atoms. The average Bonchev–Trinajstić information content (AvgIpc) is 3.08. The van der Waals surface area contributed by atoms with Crippen molar-refractivity contribution in [3.8, 4) is 0 Å². The number of hydrogen-bond donors (Lipinski definition) is 2. The van der Waals surface area contributed by atoms with Crippen LogP contribution in [0.25, 0.3) is 0 Å². The minimum absolute atomic E-state index is 0.170. The first-order chi connectivity index (χ1) is 9.83. The second-order valence-electron chi connectivity index (χ2n) is 5.42. The molecule has 0 radical (unpaired) electrons. The van der Waals surface area contributed by atoms with Crippen LogP contribution in [-0.2, 0) is 13.1 Å². The van der Waals surface area contributed by atoms with E-state index in [1.54, 1.807) is 0 Å². The fourth-order valence-corrected chi connectivity index (χ4v) is 2.62. The van der Waals surface area contributed by atoms with Crippen molar-refractivity contribution >= 4 is 0 Å². The third-order valence-electron chi connectivity index (χ3n) is 3.75. The summed E-state index contributed by atoms with van der Waals surface area (Å²) < 4.78 is 1.88. The summed E-state index contributed by atoms with van der Waals surface area (Å²) in [4.78, 5) is 2.23. The number of nitrogens with one attached hydrogen (secondary N) is 1. The Morgan fingerprint density at radius 3 is 3.10 bits per heavy atom. The summed E-state index contributed by atoms with van der Waals surface area (Å²) in [6, 6.07) is 0.529. The second kappa shape index (κ2) is 8.28. The Kier molecular flexibility index (Phi) is 6.35. The molecule has 1 aliphatic heterocycles. The summed E-state index contributed by atoms with van der Waals surface area (Å²) in [5, 5.41) is 24.7. The van der Waals surface area contributed by atoms with E-state index in [0.29, 0.717) is 19.1 Å². The summed E-state index contributed by atoms with van der Waals surface area (Å²) >= 11 is 0. The number of unbranched alkanes of at least 4 members (excludes halogenated alkanes) is 1. The van der Waals surface area contributed by atoms with Gasteiger partial charge in [0.1, 0.15) is 0 Å². The Bertz CT molecular complexity index is 377. The number of aryl methyl sites for hydroxylation is 1. The Labute approximate surface area is 120 Å². The molecule has 0 spiro atoms. The molecule has 1 aromatic heterocycles. The van der Waals surface area contributed by atoms with Gasteiger partial charge >= 0.3 is 0 Å². The molecule has 0 aromatic carbocycles. The molecular weight excluding hydrogens is 256 g/mol. The van der Waals surface area contributed by atoms with Crippen LogP contribution in [0.4, 0.5) is 0 Å². The molecule has 1 saturated heterocycles. The largest absolute Gasteiger partial charge is 0.395 e. The number of nitrogens with zero attached hydrogens (tertiary/aromatic N) is 5. The van der Waals surface area contributed by atoms with Crippen molar-refractivity contribution in [2.75, 3.05) is 26.2 Å². The molecule has 7 heteroatoms. The molecule has 1 aliphatic rings. The molecule has 2 N–H and O–H groups in total. The van der Waals surface area contributed by atoms with Gasteiger partial charge in [-0.1, -0.05) is 13.3 Å². The van der Waals surface area contributed by atoms with E-state index in [9.17, 15) is 5.11 Å². The van der Waals surface area contributed by atoms with Gasteiger partial charge in [-0.25, -0.2) is 4.68 Å². The van der Waals surface area contributed by atoms with Gasteiger partial charge in [0.05, 0.1) is 13.2 Å². The van der Waals surface area contributed by atoms with Gasteiger partial charge in [0.2, 0.25) is 0 Å². The first kappa shape index (κ1) is 15.3. The first-order valence-electron chi connectivity index (χ1n) is 7.65. The van der Waals surface area contributed by atoms with E-state index in [4.69, 9.17) is 0 Å². The Morgan fingerprint density at radius 1 is 1.50 bits per heavy atom. The highest BCUT2D eigenvalue weighted by Crippen LogP contribution is 2.09. The molecule has 0 saturated carbocycles. The maximum absolute atomic E-state index is 9.23. The zero-order valence-electron chi connectivity index (χ0n) is 12.3. The summed E-state index contributed by atoms with van der Waals surface area (Å²) in [5.74, 6) is 0.893. The lowest BCUT2D eigenvalue weighted by molar-refractivity contribution is 0.174. The van der Waals surface area contributed by atoms with Gasteiger partial charge in [-0.05, 0) is 36.2 Å². The predicted octanol–water partition coefficient (Wildman–Crippen LogP) is 0.0195. The van der Waals surface area contributed by atoms with Gasteiger partial charge in [0, 0.05) is 25.7 Å². The van der Waals surface area contributed by atoms with E-state index >= 15 is 0 Å². The quantitative estimate of drug-likeness (QED) is 0.665. The lowest BCUT2D eigenvalue weighted by Gasteiger charge is -2.24. The van der Waals surface area contributed by atoms with Crippen molar-refractivity contribution in [1.29, 1.82) is 0 Å². The number of aromatic nitrogens is 4. The van der Waals surface area contributed by atoms with Crippen LogP contribution in [0, 0.1) is 0 Å². The van der Waals surface area contributed by atoms with Crippen molar-refractivity contribution in [3.63, 3.8) is 0 Å². The van der Waals surface area contributed by atoms with Gasteiger partial charge in [-0.3, -0.25) is 4.90 Å². The zero-order chi connectivity index (χ0) is 14.2.